The van der Waals surface area contributed by atoms with Crippen molar-refractivity contribution >= 4 is 11.9 Å². The summed E-state index contributed by atoms with van der Waals surface area (Å²) in [5, 5.41) is 11.7. The SMILES string of the molecule is COc1cccc(C2(O)CCC(OC(=O)c3ccco3)(C(N)=O)CC2CN(C)C)c1. The monoisotopic (exact) mass is 416 g/mol. The van der Waals surface area contributed by atoms with E-state index in [4.69, 9.17) is 19.6 Å². The fourth-order valence-electron chi connectivity index (χ4n) is 4.18. The van der Waals surface area contributed by atoms with E-state index in [0.717, 1.165) is 0 Å². The van der Waals surface area contributed by atoms with Gasteiger partial charge in [-0.2, -0.15) is 0 Å². The molecule has 3 atom stereocenters. The van der Waals surface area contributed by atoms with Crippen molar-refractivity contribution in [3.8, 4) is 5.75 Å². The van der Waals surface area contributed by atoms with Crippen molar-refractivity contribution < 1.29 is 28.6 Å². The van der Waals surface area contributed by atoms with E-state index in [9.17, 15) is 14.7 Å². The third-order valence-electron chi connectivity index (χ3n) is 5.78. The summed E-state index contributed by atoms with van der Waals surface area (Å²) in [6.07, 6.45) is 1.71. The number of ether oxygens (including phenoxy) is 2. The van der Waals surface area contributed by atoms with Crippen molar-refractivity contribution in [2.45, 2.75) is 30.5 Å². The Morgan fingerprint density at radius 1 is 1.27 bits per heavy atom. The van der Waals surface area contributed by atoms with Crippen LogP contribution in [0.5, 0.6) is 5.75 Å². The molecule has 1 fully saturated rings. The highest BCUT2D eigenvalue weighted by Crippen LogP contribution is 2.48. The Balaban J connectivity index is 1.95. The third-order valence-corrected chi connectivity index (χ3v) is 5.78. The van der Waals surface area contributed by atoms with Crippen LogP contribution in [0.15, 0.2) is 47.1 Å². The summed E-state index contributed by atoms with van der Waals surface area (Å²) in [5.74, 6) is -1.30. The fraction of sp³-hybridized carbons (Fsp3) is 0.455. The van der Waals surface area contributed by atoms with Gasteiger partial charge in [0.15, 0.2) is 5.60 Å². The second-order valence-corrected chi connectivity index (χ2v) is 8.04. The van der Waals surface area contributed by atoms with Crippen LogP contribution in [0.1, 0.15) is 35.4 Å². The number of primary amides is 1. The van der Waals surface area contributed by atoms with Gasteiger partial charge in [0.1, 0.15) is 5.75 Å². The number of hydrogen-bond donors (Lipinski definition) is 2. The molecule has 1 heterocycles. The number of nitrogens with zero attached hydrogens (tertiary/aromatic N) is 1. The van der Waals surface area contributed by atoms with E-state index < -0.39 is 29.0 Å². The van der Waals surface area contributed by atoms with E-state index in [0.29, 0.717) is 17.9 Å². The van der Waals surface area contributed by atoms with Crippen LogP contribution in [0.2, 0.25) is 0 Å². The molecule has 0 bridgehead atoms. The lowest BCUT2D eigenvalue weighted by Crippen LogP contribution is -2.57. The third kappa shape index (κ3) is 4.20. The maximum absolute atomic E-state index is 12.5. The summed E-state index contributed by atoms with van der Waals surface area (Å²) in [5.41, 5.74) is 3.62. The zero-order valence-electron chi connectivity index (χ0n) is 17.5. The lowest BCUT2D eigenvalue weighted by molar-refractivity contribution is -0.160. The molecule has 3 N–H and O–H groups in total. The largest absolute Gasteiger partial charge is 0.497 e. The van der Waals surface area contributed by atoms with Crippen molar-refractivity contribution in [1.82, 2.24) is 4.90 Å². The highest BCUT2D eigenvalue weighted by atomic mass is 16.6. The van der Waals surface area contributed by atoms with Crippen molar-refractivity contribution in [1.29, 1.82) is 0 Å². The molecule has 3 unspecified atom stereocenters. The summed E-state index contributed by atoms with van der Waals surface area (Å²) in [6, 6.07) is 10.3. The maximum Gasteiger partial charge on any atom is 0.375 e. The average Bonchev–Trinajstić information content (AvgIpc) is 3.25. The van der Waals surface area contributed by atoms with Gasteiger partial charge in [-0.15, -0.1) is 0 Å². The normalized spacial score (nSPS) is 26.4. The van der Waals surface area contributed by atoms with Crippen LogP contribution in [-0.4, -0.2) is 55.2 Å². The van der Waals surface area contributed by atoms with Crippen molar-refractivity contribution in [2.75, 3.05) is 27.7 Å². The predicted octanol–water partition coefficient (Wildman–Crippen LogP) is 1.92. The lowest BCUT2D eigenvalue weighted by atomic mass is 9.65. The summed E-state index contributed by atoms with van der Waals surface area (Å²) >= 11 is 0. The molecule has 1 aliphatic rings. The van der Waals surface area contributed by atoms with Crippen LogP contribution >= 0.6 is 0 Å². The number of furan rings is 1. The second-order valence-electron chi connectivity index (χ2n) is 8.04. The van der Waals surface area contributed by atoms with E-state index >= 15 is 0 Å². The Morgan fingerprint density at radius 3 is 2.63 bits per heavy atom. The number of amides is 1. The molecule has 1 aromatic carbocycles. The molecule has 162 valence electrons. The van der Waals surface area contributed by atoms with Crippen molar-refractivity contribution in [2.24, 2.45) is 11.7 Å². The summed E-state index contributed by atoms with van der Waals surface area (Å²) in [4.78, 5) is 26.9. The Bertz CT molecular complexity index is 897. The van der Waals surface area contributed by atoms with E-state index in [1.807, 2.05) is 31.1 Å². The first-order valence-electron chi connectivity index (χ1n) is 9.78. The highest BCUT2D eigenvalue weighted by Gasteiger charge is 2.54. The molecule has 8 heteroatoms. The number of carbonyl (C=O) groups excluding carboxylic acids is 2. The molecule has 0 saturated heterocycles. The Hall–Kier alpha value is -2.84. The molecule has 1 saturated carbocycles. The maximum atomic E-state index is 12.5. The first-order valence-corrected chi connectivity index (χ1v) is 9.78. The number of hydrogen-bond acceptors (Lipinski definition) is 7. The van der Waals surface area contributed by atoms with Crippen LogP contribution in [0, 0.1) is 5.92 Å². The average molecular weight is 416 g/mol. The Labute approximate surface area is 175 Å². The van der Waals surface area contributed by atoms with Crippen molar-refractivity contribution in [3.63, 3.8) is 0 Å². The van der Waals surface area contributed by atoms with Crippen LogP contribution < -0.4 is 10.5 Å². The molecule has 1 aromatic heterocycles. The van der Waals surface area contributed by atoms with Crippen molar-refractivity contribution in [3.05, 3.63) is 54.0 Å². The summed E-state index contributed by atoms with van der Waals surface area (Å²) in [7, 11) is 5.32. The molecule has 0 radical (unpaired) electrons. The molecule has 8 nitrogen and oxygen atoms in total. The molecular formula is C22H28N2O6. The van der Waals surface area contributed by atoms with E-state index in [2.05, 4.69) is 0 Å². The minimum Gasteiger partial charge on any atom is -0.497 e. The van der Waals surface area contributed by atoms with Crippen LogP contribution in [0.3, 0.4) is 0 Å². The van der Waals surface area contributed by atoms with Gasteiger partial charge in [-0.1, -0.05) is 12.1 Å². The number of esters is 1. The number of rotatable bonds is 7. The Morgan fingerprint density at radius 2 is 2.03 bits per heavy atom. The van der Waals surface area contributed by atoms with Gasteiger partial charge in [0.2, 0.25) is 5.76 Å². The Kier molecular flexibility index (Phi) is 6.19. The van der Waals surface area contributed by atoms with Crippen LogP contribution in [0.25, 0.3) is 0 Å². The van der Waals surface area contributed by atoms with Crippen LogP contribution in [0.4, 0.5) is 0 Å². The minimum atomic E-state index is -1.53. The first-order chi connectivity index (χ1) is 14.2. The van der Waals surface area contributed by atoms with Gasteiger partial charge in [0.25, 0.3) is 5.91 Å². The van der Waals surface area contributed by atoms with Gasteiger partial charge in [0.05, 0.1) is 19.0 Å². The van der Waals surface area contributed by atoms with Crippen LogP contribution in [-0.2, 0) is 15.1 Å². The first kappa shape index (κ1) is 21.9. The predicted molar refractivity (Wildman–Crippen MR) is 109 cm³/mol. The van der Waals surface area contributed by atoms with E-state index in [1.165, 1.54) is 12.3 Å². The molecule has 1 amide bonds. The van der Waals surface area contributed by atoms with E-state index in [1.54, 1.807) is 25.3 Å². The highest BCUT2D eigenvalue weighted by molar-refractivity contribution is 5.91. The zero-order chi connectivity index (χ0) is 21.9. The summed E-state index contributed by atoms with van der Waals surface area (Å²) < 4.78 is 16.0. The quantitative estimate of drug-likeness (QED) is 0.663. The molecule has 2 aromatic rings. The second kappa shape index (κ2) is 8.49. The molecule has 3 rings (SSSR count). The van der Waals surface area contributed by atoms with E-state index in [-0.39, 0.29) is 25.0 Å². The topological polar surface area (TPSA) is 115 Å². The van der Waals surface area contributed by atoms with Gasteiger partial charge < -0.3 is 29.6 Å². The number of aliphatic hydroxyl groups is 1. The number of benzene rings is 1. The fourth-order valence-corrected chi connectivity index (χ4v) is 4.18. The molecular weight excluding hydrogens is 388 g/mol. The summed E-state index contributed by atoms with van der Waals surface area (Å²) in [6.45, 7) is 0.459. The minimum absolute atomic E-state index is 0.00610. The van der Waals surface area contributed by atoms with Gasteiger partial charge in [-0.3, -0.25) is 4.79 Å². The number of carbonyl (C=O) groups is 2. The lowest BCUT2D eigenvalue weighted by Gasteiger charge is -2.48. The smallest absolute Gasteiger partial charge is 0.375 e. The molecule has 0 spiro atoms. The molecule has 1 aliphatic carbocycles. The molecule has 30 heavy (non-hydrogen) atoms. The van der Waals surface area contributed by atoms with Gasteiger partial charge in [0, 0.05) is 18.9 Å². The number of nitrogens with two attached hydrogens (primary N) is 1. The van der Waals surface area contributed by atoms with Gasteiger partial charge in [-0.05, 0) is 56.8 Å². The standard InChI is InChI=1S/C22H28N2O6/c1-24(2)14-16-13-21(20(23)26,30-19(25)18-8-5-11-29-18)9-10-22(16,27)15-6-4-7-17(12-15)28-3/h4-8,11-12,16,27H,9-10,13-14H2,1-3H3,(H2,23,26). The molecule has 0 aliphatic heterocycles. The zero-order valence-corrected chi connectivity index (χ0v) is 17.5. The van der Waals surface area contributed by atoms with Gasteiger partial charge >= 0.3 is 5.97 Å². The number of methoxy groups -OCH3 is 1. The van der Waals surface area contributed by atoms with Gasteiger partial charge in [-0.25, -0.2) is 4.79 Å².